The van der Waals surface area contributed by atoms with Crippen molar-refractivity contribution in [2.75, 3.05) is 12.4 Å². The lowest BCUT2D eigenvalue weighted by Gasteiger charge is -2.07. The number of anilines is 1. The van der Waals surface area contributed by atoms with E-state index in [1.807, 2.05) is 0 Å². The number of aromatic nitrogens is 2. The van der Waals surface area contributed by atoms with E-state index >= 15 is 0 Å². The van der Waals surface area contributed by atoms with Crippen LogP contribution in [0.4, 0.5) is 11.4 Å². The summed E-state index contributed by atoms with van der Waals surface area (Å²) in [6.45, 7) is 3.52. The molecule has 1 heterocycles. The predicted molar refractivity (Wildman–Crippen MR) is 75.7 cm³/mol. The van der Waals surface area contributed by atoms with E-state index in [-0.39, 0.29) is 17.0 Å². The Morgan fingerprint density at radius 3 is 2.67 bits per heavy atom. The molecule has 1 amide bonds. The number of ether oxygens (including phenoxy) is 1. The van der Waals surface area contributed by atoms with Gasteiger partial charge in [-0.15, -0.1) is 0 Å². The third-order valence-electron chi connectivity index (χ3n) is 3.00. The maximum atomic E-state index is 12.2. The summed E-state index contributed by atoms with van der Waals surface area (Å²) in [5.74, 6) is -0.347. The number of nitro groups is 1. The third kappa shape index (κ3) is 2.83. The van der Waals surface area contributed by atoms with Crippen molar-refractivity contribution in [3.63, 3.8) is 0 Å². The highest BCUT2D eigenvalue weighted by Gasteiger charge is 2.19. The molecule has 0 aliphatic rings. The smallest absolute Gasteiger partial charge is 0.311 e. The number of nitro benzene ring substituents is 1. The first kappa shape index (κ1) is 14.5. The van der Waals surface area contributed by atoms with Crippen LogP contribution in [0.2, 0.25) is 0 Å². The largest absolute Gasteiger partial charge is 0.490 e. The number of carbonyl (C=O) groups is 1. The molecule has 0 fully saturated rings. The monoisotopic (exact) mass is 290 g/mol. The van der Waals surface area contributed by atoms with E-state index in [0.29, 0.717) is 17.1 Å². The fourth-order valence-corrected chi connectivity index (χ4v) is 1.89. The first-order valence-corrected chi connectivity index (χ1v) is 6.09. The van der Waals surface area contributed by atoms with Gasteiger partial charge in [0.05, 0.1) is 29.1 Å². The van der Waals surface area contributed by atoms with E-state index in [1.54, 1.807) is 13.8 Å². The molecular formula is C13H14N4O4. The number of rotatable bonds is 4. The average molecular weight is 290 g/mol. The Labute approximate surface area is 120 Å². The standard InChI is InChI=1S/C13H14N4O4/c1-7-12(8(2)16-15-7)14-13(18)9-4-5-11(21-3)10(6-9)17(19)20/h4-6H,1-3H3,(H,14,18)(H,15,16). The minimum Gasteiger partial charge on any atom is -0.490 e. The molecule has 8 nitrogen and oxygen atoms in total. The second kappa shape index (κ2) is 5.61. The summed E-state index contributed by atoms with van der Waals surface area (Å²) in [5.41, 5.74) is 1.83. The minimum absolute atomic E-state index is 0.104. The summed E-state index contributed by atoms with van der Waals surface area (Å²) in [6.07, 6.45) is 0. The van der Waals surface area contributed by atoms with Gasteiger partial charge in [0, 0.05) is 11.6 Å². The number of amides is 1. The van der Waals surface area contributed by atoms with Gasteiger partial charge in [0.1, 0.15) is 0 Å². The summed E-state index contributed by atoms with van der Waals surface area (Å²) in [5, 5.41) is 20.4. The number of carbonyl (C=O) groups excluding carboxylic acids is 1. The lowest BCUT2D eigenvalue weighted by Crippen LogP contribution is -2.13. The molecule has 0 radical (unpaired) electrons. The zero-order valence-electron chi connectivity index (χ0n) is 11.8. The number of aromatic amines is 1. The number of aryl methyl sites for hydroxylation is 2. The van der Waals surface area contributed by atoms with E-state index in [4.69, 9.17) is 4.74 Å². The van der Waals surface area contributed by atoms with Gasteiger partial charge in [0.15, 0.2) is 5.75 Å². The fourth-order valence-electron chi connectivity index (χ4n) is 1.89. The van der Waals surface area contributed by atoms with Gasteiger partial charge in [-0.2, -0.15) is 5.10 Å². The Hall–Kier alpha value is -2.90. The molecule has 0 aliphatic carbocycles. The van der Waals surface area contributed by atoms with Crippen LogP contribution in [0, 0.1) is 24.0 Å². The molecule has 0 aliphatic heterocycles. The van der Waals surface area contributed by atoms with Gasteiger partial charge < -0.3 is 10.1 Å². The number of nitrogens with one attached hydrogen (secondary N) is 2. The highest BCUT2D eigenvalue weighted by molar-refractivity contribution is 6.05. The SMILES string of the molecule is COc1ccc(C(=O)Nc2c(C)n[nH]c2C)cc1[N+](=O)[O-]. The van der Waals surface area contributed by atoms with Crippen molar-refractivity contribution in [3.05, 3.63) is 45.3 Å². The quantitative estimate of drug-likeness (QED) is 0.662. The molecule has 2 rings (SSSR count). The molecule has 1 aromatic carbocycles. The lowest BCUT2D eigenvalue weighted by atomic mass is 10.1. The first-order chi connectivity index (χ1) is 9.93. The zero-order valence-corrected chi connectivity index (χ0v) is 11.8. The summed E-state index contributed by atoms with van der Waals surface area (Å²) >= 11 is 0. The Bertz CT molecular complexity index is 689. The topological polar surface area (TPSA) is 110 Å². The number of hydrogen-bond acceptors (Lipinski definition) is 5. The zero-order chi connectivity index (χ0) is 15.6. The molecule has 0 saturated heterocycles. The van der Waals surface area contributed by atoms with Crippen molar-refractivity contribution in [2.24, 2.45) is 0 Å². The van der Waals surface area contributed by atoms with Crippen LogP contribution in [-0.4, -0.2) is 28.1 Å². The molecule has 2 N–H and O–H groups in total. The van der Waals surface area contributed by atoms with E-state index in [1.165, 1.54) is 25.3 Å². The maximum Gasteiger partial charge on any atom is 0.311 e. The van der Waals surface area contributed by atoms with Crippen molar-refractivity contribution in [1.29, 1.82) is 0 Å². The average Bonchev–Trinajstić information content (AvgIpc) is 2.78. The van der Waals surface area contributed by atoms with Crippen molar-refractivity contribution >= 4 is 17.3 Å². The van der Waals surface area contributed by atoms with Crippen molar-refractivity contribution < 1.29 is 14.5 Å². The van der Waals surface area contributed by atoms with Crippen LogP contribution in [0.3, 0.4) is 0 Å². The summed E-state index contributed by atoms with van der Waals surface area (Å²) < 4.78 is 4.90. The van der Waals surface area contributed by atoms with Gasteiger partial charge in [-0.05, 0) is 26.0 Å². The Morgan fingerprint density at radius 1 is 1.43 bits per heavy atom. The fraction of sp³-hybridized carbons (Fsp3) is 0.231. The van der Waals surface area contributed by atoms with Crippen LogP contribution in [-0.2, 0) is 0 Å². The van der Waals surface area contributed by atoms with E-state index in [9.17, 15) is 14.9 Å². The maximum absolute atomic E-state index is 12.2. The molecular weight excluding hydrogens is 276 g/mol. The molecule has 0 unspecified atom stereocenters. The van der Waals surface area contributed by atoms with Crippen molar-refractivity contribution in [1.82, 2.24) is 10.2 Å². The predicted octanol–water partition coefficient (Wildman–Crippen LogP) is 2.20. The molecule has 0 atom stereocenters. The first-order valence-electron chi connectivity index (χ1n) is 6.09. The van der Waals surface area contributed by atoms with Crippen LogP contribution >= 0.6 is 0 Å². The third-order valence-corrected chi connectivity index (χ3v) is 3.00. The minimum atomic E-state index is -0.593. The second-order valence-corrected chi connectivity index (χ2v) is 4.41. The lowest BCUT2D eigenvalue weighted by molar-refractivity contribution is -0.385. The number of methoxy groups -OCH3 is 1. The van der Waals surface area contributed by atoms with Crippen LogP contribution in [0.15, 0.2) is 18.2 Å². The molecule has 0 bridgehead atoms. The van der Waals surface area contributed by atoms with Gasteiger partial charge >= 0.3 is 5.69 Å². The molecule has 110 valence electrons. The van der Waals surface area contributed by atoms with Crippen LogP contribution < -0.4 is 10.1 Å². The summed E-state index contributed by atoms with van der Waals surface area (Å²) in [6, 6.07) is 4.03. The van der Waals surface area contributed by atoms with E-state index in [0.717, 1.165) is 0 Å². The molecule has 8 heteroatoms. The molecule has 2 aromatic rings. The Morgan fingerprint density at radius 2 is 2.14 bits per heavy atom. The van der Waals surface area contributed by atoms with Crippen molar-refractivity contribution in [2.45, 2.75) is 13.8 Å². The number of H-pyrrole nitrogens is 1. The number of benzene rings is 1. The van der Waals surface area contributed by atoms with Gasteiger partial charge in [-0.25, -0.2) is 0 Å². The molecule has 0 spiro atoms. The molecule has 21 heavy (non-hydrogen) atoms. The highest BCUT2D eigenvalue weighted by Crippen LogP contribution is 2.28. The Kier molecular flexibility index (Phi) is 3.88. The number of nitrogens with zero attached hydrogens (tertiary/aromatic N) is 2. The van der Waals surface area contributed by atoms with Gasteiger partial charge in [0.2, 0.25) is 0 Å². The summed E-state index contributed by atoms with van der Waals surface area (Å²) in [4.78, 5) is 22.5. The normalized spacial score (nSPS) is 10.2. The van der Waals surface area contributed by atoms with E-state index in [2.05, 4.69) is 15.5 Å². The highest BCUT2D eigenvalue weighted by atomic mass is 16.6. The Balaban J connectivity index is 2.32. The second-order valence-electron chi connectivity index (χ2n) is 4.41. The van der Waals surface area contributed by atoms with Crippen LogP contribution in [0.5, 0.6) is 5.75 Å². The van der Waals surface area contributed by atoms with Crippen LogP contribution in [0.1, 0.15) is 21.7 Å². The van der Waals surface area contributed by atoms with Gasteiger partial charge in [-0.3, -0.25) is 20.0 Å². The van der Waals surface area contributed by atoms with E-state index < -0.39 is 10.8 Å². The van der Waals surface area contributed by atoms with Gasteiger partial charge in [-0.1, -0.05) is 0 Å². The van der Waals surface area contributed by atoms with Gasteiger partial charge in [0.25, 0.3) is 5.91 Å². The molecule has 1 aromatic heterocycles. The molecule has 0 saturated carbocycles. The van der Waals surface area contributed by atoms with Crippen LogP contribution in [0.25, 0.3) is 0 Å². The summed E-state index contributed by atoms with van der Waals surface area (Å²) in [7, 11) is 1.33. The number of hydrogen-bond donors (Lipinski definition) is 2. The van der Waals surface area contributed by atoms with Crippen molar-refractivity contribution in [3.8, 4) is 5.75 Å².